The lowest BCUT2D eigenvalue weighted by Crippen LogP contribution is -2.14. The minimum Gasteiger partial charge on any atom is -0.452 e. The average molecular weight is 403 g/mol. The first kappa shape index (κ1) is 18.7. The molecule has 0 aliphatic carbocycles. The fourth-order valence-corrected chi connectivity index (χ4v) is 3.00. The Morgan fingerprint density at radius 1 is 0.897 bits per heavy atom. The van der Waals surface area contributed by atoms with E-state index in [-0.39, 0.29) is 11.5 Å². The van der Waals surface area contributed by atoms with Crippen molar-refractivity contribution in [2.24, 2.45) is 0 Å². The zero-order chi connectivity index (χ0) is 20.2. The van der Waals surface area contributed by atoms with Gasteiger partial charge in [0.1, 0.15) is 5.58 Å². The molecule has 1 heterocycles. The van der Waals surface area contributed by atoms with Gasteiger partial charge in [-0.15, -0.1) is 0 Å². The van der Waals surface area contributed by atoms with Crippen molar-refractivity contribution in [3.8, 4) is 17.1 Å². The third kappa shape index (κ3) is 4.13. The molecule has 4 aromatic rings. The summed E-state index contributed by atoms with van der Waals surface area (Å²) in [6.45, 7) is 0. The smallest absolute Gasteiger partial charge is 0.336 e. The fraction of sp³-hybridized carbons (Fsp3) is 0. The van der Waals surface area contributed by atoms with Crippen LogP contribution in [0.2, 0.25) is 5.02 Å². The maximum absolute atomic E-state index is 13.0. The van der Waals surface area contributed by atoms with Gasteiger partial charge in [0.05, 0.1) is 5.39 Å². The minimum absolute atomic E-state index is 0.138. The number of carbonyl (C=O) groups excluding carboxylic acids is 1. The standard InChI is InChI=1S/C24H15ClO4/c25-18-13-10-16(11-14-18)12-15-21(26)29-24-22(27)19-8-4-5-9-20(19)28-23(24)17-6-2-1-3-7-17/h1-15H. The SMILES string of the molecule is O=C(C=Cc1ccc(Cl)cc1)Oc1c(-c2ccccc2)oc2ccccc2c1=O. The summed E-state index contributed by atoms with van der Waals surface area (Å²) in [5.41, 5.74) is 1.44. The lowest BCUT2D eigenvalue weighted by molar-refractivity contribution is -0.129. The summed E-state index contributed by atoms with van der Waals surface area (Å²) >= 11 is 5.86. The van der Waals surface area contributed by atoms with Gasteiger partial charge in [0.2, 0.25) is 11.2 Å². The van der Waals surface area contributed by atoms with Gasteiger partial charge in [-0.2, -0.15) is 0 Å². The van der Waals surface area contributed by atoms with Crippen LogP contribution < -0.4 is 10.2 Å². The van der Waals surface area contributed by atoms with E-state index in [1.165, 1.54) is 6.08 Å². The number of fused-ring (bicyclic) bond motifs is 1. The fourth-order valence-electron chi connectivity index (χ4n) is 2.87. The van der Waals surface area contributed by atoms with Gasteiger partial charge in [0.25, 0.3) is 0 Å². The second kappa shape index (κ2) is 8.17. The number of hydrogen-bond acceptors (Lipinski definition) is 4. The zero-order valence-corrected chi connectivity index (χ0v) is 15.9. The van der Waals surface area contributed by atoms with Crippen molar-refractivity contribution in [2.45, 2.75) is 0 Å². The van der Waals surface area contributed by atoms with E-state index < -0.39 is 11.4 Å². The minimum atomic E-state index is -0.681. The zero-order valence-electron chi connectivity index (χ0n) is 15.2. The summed E-state index contributed by atoms with van der Waals surface area (Å²) in [6, 6.07) is 22.9. The molecule has 0 unspecified atom stereocenters. The maximum Gasteiger partial charge on any atom is 0.336 e. The van der Waals surface area contributed by atoms with Crippen molar-refractivity contribution in [3.63, 3.8) is 0 Å². The molecule has 0 spiro atoms. The predicted octanol–water partition coefficient (Wildman–Crippen LogP) is 5.73. The van der Waals surface area contributed by atoms with Gasteiger partial charge in [0.15, 0.2) is 5.76 Å². The molecular weight excluding hydrogens is 388 g/mol. The number of hydrogen-bond donors (Lipinski definition) is 0. The Morgan fingerprint density at radius 3 is 2.34 bits per heavy atom. The van der Waals surface area contributed by atoms with Crippen LogP contribution in [-0.4, -0.2) is 5.97 Å². The lowest BCUT2D eigenvalue weighted by atomic mass is 10.1. The van der Waals surface area contributed by atoms with Crippen LogP contribution in [0.5, 0.6) is 5.75 Å². The molecule has 0 radical (unpaired) electrons. The van der Waals surface area contributed by atoms with Crippen molar-refractivity contribution < 1.29 is 13.9 Å². The van der Waals surface area contributed by atoms with Crippen LogP contribution in [0.3, 0.4) is 0 Å². The predicted molar refractivity (Wildman–Crippen MR) is 114 cm³/mol. The molecule has 0 fully saturated rings. The normalized spacial score (nSPS) is 11.1. The number of halogens is 1. The Kier molecular flexibility index (Phi) is 5.27. The van der Waals surface area contributed by atoms with Gasteiger partial charge < -0.3 is 9.15 Å². The van der Waals surface area contributed by atoms with Crippen LogP contribution in [0, 0.1) is 0 Å². The van der Waals surface area contributed by atoms with E-state index >= 15 is 0 Å². The van der Waals surface area contributed by atoms with Crippen molar-refractivity contribution in [1.29, 1.82) is 0 Å². The topological polar surface area (TPSA) is 56.5 Å². The second-order valence-electron chi connectivity index (χ2n) is 6.26. The molecule has 0 aliphatic heterocycles. The van der Waals surface area contributed by atoms with E-state index in [0.29, 0.717) is 21.6 Å². The number of para-hydroxylation sites is 1. The Balaban J connectivity index is 1.73. The highest BCUT2D eigenvalue weighted by Crippen LogP contribution is 2.30. The van der Waals surface area contributed by atoms with Crippen molar-refractivity contribution in [2.75, 3.05) is 0 Å². The van der Waals surface area contributed by atoms with Gasteiger partial charge in [0, 0.05) is 16.7 Å². The van der Waals surface area contributed by atoms with Gasteiger partial charge in [-0.05, 0) is 35.9 Å². The summed E-state index contributed by atoms with van der Waals surface area (Å²) in [6.07, 6.45) is 2.84. The number of rotatable bonds is 4. The highest BCUT2D eigenvalue weighted by atomic mass is 35.5. The number of esters is 1. The monoisotopic (exact) mass is 402 g/mol. The number of ether oxygens (including phenoxy) is 1. The summed E-state index contributed by atoms with van der Waals surface area (Å²) < 4.78 is 11.3. The van der Waals surface area contributed by atoms with Crippen LogP contribution in [-0.2, 0) is 4.79 Å². The third-order valence-corrected chi connectivity index (χ3v) is 4.53. The largest absolute Gasteiger partial charge is 0.452 e. The van der Waals surface area contributed by atoms with Crippen LogP contribution in [0.4, 0.5) is 0 Å². The molecule has 0 N–H and O–H groups in total. The molecule has 0 aliphatic rings. The summed E-state index contributed by atoms with van der Waals surface area (Å²) in [4.78, 5) is 25.4. The van der Waals surface area contributed by atoms with E-state index in [1.54, 1.807) is 66.7 Å². The third-order valence-electron chi connectivity index (χ3n) is 4.28. The molecule has 1 aromatic heterocycles. The number of benzene rings is 3. The van der Waals surface area contributed by atoms with Crippen LogP contribution >= 0.6 is 11.6 Å². The molecule has 3 aromatic carbocycles. The first-order valence-electron chi connectivity index (χ1n) is 8.88. The molecule has 4 rings (SSSR count). The van der Waals surface area contributed by atoms with Gasteiger partial charge in [-0.1, -0.05) is 66.2 Å². The van der Waals surface area contributed by atoms with Crippen LogP contribution in [0.1, 0.15) is 5.56 Å². The van der Waals surface area contributed by atoms with Crippen LogP contribution in [0.25, 0.3) is 28.4 Å². The first-order valence-corrected chi connectivity index (χ1v) is 9.26. The van der Waals surface area contributed by atoms with Crippen molar-refractivity contribution >= 4 is 34.6 Å². The Bertz CT molecular complexity index is 1260. The average Bonchev–Trinajstić information content (AvgIpc) is 2.76. The van der Waals surface area contributed by atoms with E-state index in [1.807, 2.05) is 18.2 Å². The second-order valence-corrected chi connectivity index (χ2v) is 6.69. The molecule has 0 saturated carbocycles. The van der Waals surface area contributed by atoms with E-state index in [0.717, 1.165) is 5.56 Å². The van der Waals surface area contributed by atoms with Gasteiger partial charge in [-0.25, -0.2) is 4.79 Å². The Labute approximate surface area is 171 Å². The van der Waals surface area contributed by atoms with E-state index in [2.05, 4.69) is 0 Å². The molecule has 0 atom stereocenters. The molecule has 5 heteroatoms. The van der Waals surface area contributed by atoms with E-state index in [4.69, 9.17) is 20.8 Å². The summed E-state index contributed by atoms with van der Waals surface area (Å²) in [5.74, 6) is -0.608. The lowest BCUT2D eigenvalue weighted by Gasteiger charge is -2.09. The molecule has 0 amide bonds. The molecule has 0 bridgehead atoms. The highest BCUT2D eigenvalue weighted by Gasteiger charge is 2.19. The number of carbonyl (C=O) groups is 1. The molecule has 0 saturated heterocycles. The van der Waals surface area contributed by atoms with Crippen molar-refractivity contribution in [1.82, 2.24) is 0 Å². The highest BCUT2D eigenvalue weighted by molar-refractivity contribution is 6.30. The Hall–Kier alpha value is -3.63. The van der Waals surface area contributed by atoms with Gasteiger partial charge in [-0.3, -0.25) is 4.79 Å². The molecule has 29 heavy (non-hydrogen) atoms. The molecule has 4 nitrogen and oxygen atoms in total. The quantitative estimate of drug-likeness (QED) is 0.323. The Morgan fingerprint density at radius 2 is 1.59 bits per heavy atom. The summed E-state index contributed by atoms with van der Waals surface area (Å²) in [5, 5.41) is 0.947. The molecular formula is C24H15ClO4. The van der Waals surface area contributed by atoms with Crippen molar-refractivity contribution in [3.05, 3.63) is 106 Å². The first-order chi connectivity index (χ1) is 14.1. The van der Waals surface area contributed by atoms with E-state index in [9.17, 15) is 9.59 Å². The maximum atomic E-state index is 13.0. The molecule has 142 valence electrons. The summed E-state index contributed by atoms with van der Waals surface area (Å²) in [7, 11) is 0. The van der Waals surface area contributed by atoms with Gasteiger partial charge >= 0.3 is 5.97 Å². The van der Waals surface area contributed by atoms with Crippen LogP contribution in [0.15, 0.2) is 94.2 Å².